The van der Waals surface area contributed by atoms with Gasteiger partial charge in [-0.25, -0.2) is 0 Å². The number of hydrogen-bond donors (Lipinski definition) is 1. The summed E-state index contributed by atoms with van der Waals surface area (Å²) in [4.78, 5) is 3.88. The number of rotatable bonds is 5. The molecule has 1 rings (SSSR count). The largest absolute Gasteiger partial charge is 0.417 e. The molecule has 5 heteroatoms. The van der Waals surface area contributed by atoms with Crippen molar-refractivity contribution in [2.24, 2.45) is 0 Å². The van der Waals surface area contributed by atoms with Crippen molar-refractivity contribution in [2.45, 2.75) is 32.5 Å². The van der Waals surface area contributed by atoms with Gasteiger partial charge in [0.15, 0.2) is 0 Å². The van der Waals surface area contributed by atoms with E-state index in [9.17, 15) is 13.2 Å². The van der Waals surface area contributed by atoms with Crippen LogP contribution in [0.1, 0.15) is 37.6 Å². The van der Waals surface area contributed by atoms with Crippen molar-refractivity contribution < 1.29 is 13.2 Å². The van der Waals surface area contributed by atoms with Crippen LogP contribution in [-0.4, -0.2) is 11.5 Å². The third kappa shape index (κ3) is 3.84. The topological polar surface area (TPSA) is 24.9 Å². The molecule has 1 N–H and O–H groups in total. The summed E-state index contributed by atoms with van der Waals surface area (Å²) in [5.74, 6) is 0. The van der Waals surface area contributed by atoms with Crippen LogP contribution < -0.4 is 5.32 Å². The van der Waals surface area contributed by atoms with Crippen molar-refractivity contribution in [3.63, 3.8) is 0 Å². The van der Waals surface area contributed by atoms with Gasteiger partial charge in [0.05, 0.1) is 17.3 Å². The molecule has 1 atom stereocenters. The fraction of sp³-hybridized carbons (Fsp3) is 0.462. The number of aromatic nitrogens is 1. The molecule has 0 aliphatic carbocycles. The zero-order valence-corrected chi connectivity index (χ0v) is 10.5. The highest BCUT2D eigenvalue weighted by molar-refractivity contribution is 5.23. The standard InChI is InChI=1S/C13H17F3N2/c1-4-7-17-12(9(2)3)11-6-5-10(8-18-11)13(14,15)16/h5-6,8,12,17H,2,4,7H2,1,3H3. The summed E-state index contributed by atoms with van der Waals surface area (Å²) >= 11 is 0. The van der Waals surface area contributed by atoms with Crippen LogP contribution in [0.15, 0.2) is 30.5 Å². The molecule has 2 nitrogen and oxygen atoms in total. The number of nitrogens with zero attached hydrogens (tertiary/aromatic N) is 1. The van der Waals surface area contributed by atoms with Gasteiger partial charge in [-0.3, -0.25) is 4.98 Å². The van der Waals surface area contributed by atoms with Crippen molar-refractivity contribution in [1.82, 2.24) is 10.3 Å². The lowest BCUT2D eigenvalue weighted by molar-refractivity contribution is -0.137. The van der Waals surface area contributed by atoms with Crippen LogP contribution in [0.4, 0.5) is 13.2 Å². The van der Waals surface area contributed by atoms with Gasteiger partial charge < -0.3 is 5.32 Å². The normalized spacial score (nSPS) is 13.4. The van der Waals surface area contributed by atoms with Gasteiger partial charge in [-0.1, -0.05) is 19.1 Å². The minimum absolute atomic E-state index is 0.202. The Labute approximate surface area is 105 Å². The second-order valence-corrected chi connectivity index (χ2v) is 4.20. The molecule has 0 aliphatic rings. The fourth-order valence-corrected chi connectivity index (χ4v) is 1.56. The lowest BCUT2D eigenvalue weighted by Crippen LogP contribution is -2.24. The van der Waals surface area contributed by atoms with Crippen LogP contribution in [0.25, 0.3) is 0 Å². The smallest absolute Gasteiger partial charge is 0.305 e. The van der Waals surface area contributed by atoms with Gasteiger partial charge in [0.1, 0.15) is 0 Å². The van der Waals surface area contributed by atoms with Crippen molar-refractivity contribution >= 4 is 0 Å². The zero-order chi connectivity index (χ0) is 13.8. The molecule has 1 aromatic rings. The lowest BCUT2D eigenvalue weighted by atomic mass is 10.1. The second-order valence-electron chi connectivity index (χ2n) is 4.20. The van der Waals surface area contributed by atoms with Gasteiger partial charge in [-0.2, -0.15) is 13.2 Å². The molecular formula is C13H17F3N2. The maximum absolute atomic E-state index is 12.4. The first kappa shape index (κ1) is 14.7. The fourth-order valence-electron chi connectivity index (χ4n) is 1.56. The Morgan fingerprint density at radius 2 is 2.11 bits per heavy atom. The SMILES string of the molecule is C=C(C)C(NCCC)c1ccc(C(F)(F)F)cn1. The molecule has 1 heterocycles. The number of alkyl halides is 3. The van der Waals surface area contributed by atoms with E-state index in [-0.39, 0.29) is 6.04 Å². The Morgan fingerprint density at radius 3 is 2.50 bits per heavy atom. The van der Waals surface area contributed by atoms with Gasteiger partial charge >= 0.3 is 6.18 Å². The van der Waals surface area contributed by atoms with E-state index in [1.807, 2.05) is 13.8 Å². The third-order valence-electron chi connectivity index (χ3n) is 2.50. The molecule has 0 radical (unpaired) electrons. The predicted molar refractivity (Wildman–Crippen MR) is 65.1 cm³/mol. The van der Waals surface area contributed by atoms with E-state index in [1.165, 1.54) is 6.07 Å². The first-order valence-electron chi connectivity index (χ1n) is 5.78. The third-order valence-corrected chi connectivity index (χ3v) is 2.50. The maximum Gasteiger partial charge on any atom is 0.417 e. The Balaban J connectivity index is 2.90. The van der Waals surface area contributed by atoms with Gasteiger partial charge in [0.25, 0.3) is 0 Å². The van der Waals surface area contributed by atoms with Crippen LogP contribution in [0.3, 0.4) is 0 Å². The predicted octanol–water partition coefficient (Wildman–Crippen LogP) is 3.72. The van der Waals surface area contributed by atoms with E-state index in [0.717, 1.165) is 30.8 Å². The first-order chi connectivity index (χ1) is 8.36. The van der Waals surface area contributed by atoms with Crippen LogP contribution in [-0.2, 0) is 6.18 Å². The van der Waals surface area contributed by atoms with Crippen LogP contribution in [0.5, 0.6) is 0 Å². The zero-order valence-electron chi connectivity index (χ0n) is 10.5. The van der Waals surface area contributed by atoms with Crippen molar-refractivity contribution in [1.29, 1.82) is 0 Å². The lowest BCUT2D eigenvalue weighted by Gasteiger charge is -2.18. The van der Waals surface area contributed by atoms with Gasteiger partial charge in [-0.15, -0.1) is 0 Å². The maximum atomic E-state index is 12.4. The number of hydrogen-bond acceptors (Lipinski definition) is 2. The molecule has 100 valence electrons. The molecule has 1 aromatic heterocycles. The molecule has 0 amide bonds. The minimum atomic E-state index is -4.35. The molecule has 0 fully saturated rings. The Kier molecular flexibility index (Phi) is 4.90. The Morgan fingerprint density at radius 1 is 1.44 bits per heavy atom. The summed E-state index contributed by atoms with van der Waals surface area (Å²) in [6, 6.07) is 2.24. The summed E-state index contributed by atoms with van der Waals surface area (Å²) in [6.07, 6.45) is -2.55. The highest BCUT2D eigenvalue weighted by Crippen LogP contribution is 2.29. The summed E-state index contributed by atoms with van der Waals surface area (Å²) < 4.78 is 37.2. The van der Waals surface area contributed by atoms with Crippen molar-refractivity contribution in [3.05, 3.63) is 41.7 Å². The van der Waals surface area contributed by atoms with Crippen molar-refractivity contribution in [3.8, 4) is 0 Å². The van der Waals surface area contributed by atoms with E-state index >= 15 is 0 Å². The van der Waals surface area contributed by atoms with E-state index in [2.05, 4.69) is 16.9 Å². The van der Waals surface area contributed by atoms with Gasteiger partial charge in [-0.05, 0) is 32.0 Å². The molecular weight excluding hydrogens is 241 g/mol. The molecule has 18 heavy (non-hydrogen) atoms. The second kappa shape index (κ2) is 6.00. The Bertz CT molecular complexity index is 396. The number of pyridine rings is 1. The van der Waals surface area contributed by atoms with Crippen LogP contribution in [0.2, 0.25) is 0 Å². The molecule has 0 saturated carbocycles. The Hall–Kier alpha value is -1.36. The summed E-state index contributed by atoms with van der Waals surface area (Å²) in [5.41, 5.74) is 0.655. The molecule has 0 aliphatic heterocycles. The number of nitrogens with one attached hydrogen (secondary N) is 1. The number of halogens is 3. The summed E-state index contributed by atoms with van der Waals surface area (Å²) in [7, 11) is 0. The minimum Gasteiger partial charge on any atom is -0.305 e. The molecule has 0 spiro atoms. The average molecular weight is 258 g/mol. The quantitative estimate of drug-likeness (QED) is 0.814. The molecule has 0 saturated heterocycles. The highest BCUT2D eigenvalue weighted by atomic mass is 19.4. The monoisotopic (exact) mass is 258 g/mol. The summed E-state index contributed by atoms with van der Waals surface area (Å²) in [6.45, 7) is 8.44. The van der Waals surface area contributed by atoms with Crippen molar-refractivity contribution in [2.75, 3.05) is 6.54 Å². The summed E-state index contributed by atoms with van der Waals surface area (Å²) in [5, 5.41) is 3.20. The van der Waals surface area contributed by atoms with Gasteiger partial charge in [0, 0.05) is 6.20 Å². The van der Waals surface area contributed by atoms with Crippen LogP contribution >= 0.6 is 0 Å². The average Bonchev–Trinajstić information content (AvgIpc) is 2.28. The van der Waals surface area contributed by atoms with E-state index < -0.39 is 11.7 Å². The van der Waals surface area contributed by atoms with Crippen LogP contribution in [0, 0.1) is 0 Å². The van der Waals surface area contributed by atoms with E-state index in [0.29, 0.717) is 5.69 Å². The van der Waals surface area contributed by atoms with E-state index in [1.54, 1.807) is 0 Å². The highest BCUT2D eigenvalue weighted by Gasteiger charge is 2.31. The molecule has 0 bridgehead atoms. The molecule has 1 unspecified atom stereocenters. The van der Waals surface area contributed by atoms with E-state index in [4.69, 9.17) is 0 Å². The van der Waals surface area contributed by atoms with Gasteiger partial charge in [0.2, 0.25) is 0 Å². The molecule has 0 aromatic carbocycles. The first-order valence-corrected chi connectivity index (χ1v) is 5.78.